The van der Waals surface area contributed by atoms with E-state index in [4.69, 9.17) is 5.26 Å². The van der Waals surface area contributed by atoms with Crippen LogP contribution in [0.4, 0.5) is 22.0 Å². The zero-order valence-electron chi connectivity index (χ0n) is 6.52. The fraction of sp³-hybridized carbons (Fsp3) is 0.833. The molecule has 1 rings (SSSR count). The number of hydrogen-bond acceptors (Lipinski definition) is 3. The number of nitriles is 1. The third kappa shape index (κ3) is 1.65. The zero-order chi connectivity index (χ0) is 11.0. The van der Waals surface area contributed by atoms with Gasteiger partial charge in [-0.1, -0.05) is 0 Å². The van der Waals surface area contributed by atoms with Crippen molar-refractivity contribution in [2.75, 3.05) is 6.61 Å². The van der Waals surface area contributed by atoms with Crippen molar-refractivity contribution in [1.82, 2.24) is 0 Å². The lowest BCUT2D eigenvalue weighted by atomic mass is 10.3. The number of alkyl halides is 5. The Balaban J connectivity index is 2.84. The Morgan fingerprint density at radius 3 is 2.21 bits per heavy atom. The molecule has 1 aliphatic heterocycles. The van der Waals surface area contributed by atoms with Crippen molar-refractivity contribution < 1.29 is 31.4 Å². The maximum absolute atomic E-state index is 12.1. The molecule has 0 aromatic carbocycles. The highest BCUT2D eigenvalue weighted by Crippen LogP contribution is 2.40. The third-order valence-corrected chi connectivity index (χ3v) is 1.57. The van der Waals surface area contributed by atoms with Crippen LogP contribution in [0.3, 0.4) is 0 Å². The van der Waals surface area contributed by atoms with Crippen molar-refractivity contribution in [2.45, 2.75) is 24.5 Å². The minimum atomic E-state index is -5.15. The Hall–Kier alpha value is -0.940. The lowest BCUT2D eigenvalue weighted by Crippen LogP contribution is -2.45. The molecule has 1 fully saturated rings. The summed E-state index contributed by atoms with van der Waals surface area (Å²) in [6, 6.07) is 0.699. The summed E-state index contributed by atoms with van der Waals surface area (Å²) < 4.78 is 68.1. The Morgan fingerprint density at radius 2 is 2.00 bits per heavy atom. The summed E-state index contributed by atoms with van der Waals surface area (Å²) in [6.07, 6.45) is -10.3. The molecular weight excluding hydrogens is 213 g/mol. The van der Waals surface area contributed by atoms with E-state index in [0.717, 1.165) is 0 Å². The van der Waals surface area contributed by atoms with Gasteiger partial charge in [0, 0.05) is 0 Å². The molecule has 0 bridgehead atoms. The third-order valence-electron chi connectivity index (χ3n) is 1.57. The monoisotopic (exact) mass is 217 g/mol. The van der Waals surface area contributed by atoms with Crippen LogP contribution in [-0.2, 0) is 9.47 Å². The van der Waals surface area contributed by atoms with Crippen LogP contribution in [0.2, 0.25) is 0 Å². The van der Waals surface area contributed by atoms with Gasteiger partial charge in [0.1, 0.15) is 12.2 Å². The van der Waals surface area contributed by atoms with Gasteiger partial charge in [0.25, 0.3) is 6.43 Å². The fourth-order valence-electron chi connectivity index (χ4n) is 0.876. The van der Waals surface area contributed by atoms with Gasteiger partial charge in [0.2, 0.25) is 0 Å². The van der Waals surface area contributed by atoms with Crippen LogP contribution in [0.25, 0.3) is 0 Å². The minimum Gasteiger partial charge on any atom is -0.328 e. The van der Waals surface area contributed by atoms with Gasteiger partial charge in [-0.25, -0.2) is 8.78 Å². The molecule has 2 atom stereocenters. The standard InChI is InChI=1S/C6H4F5NO2/c7-4(8)3-1-13-5(2-12,14-3)6(9,10)11/h3-4H,1H2. The van der Waals surface area contributed by atoms with Gasteiger partial charge in [0.15, 0.2) is 0 Å². The first-order valence-electron chi connectivity index (χ1n) is 3.40. The van der Waals surface area contributed by atoms with E-state index >= 15 is 0 Å². The quantitative estimate of drug-likeness (QED) is 0.624. The van der Waals surface area contributed by atoms with Gasteiger partial charge < -0.3 is 9.47 Å². The van der Waals surface area contributed by atoms with Crippen LogP contribution >= 0.6 is 0 Å². The number of halogens is 5. The Labute approximate surface area is 75.0 Å². The molecular formula is C6H4F5NO2. The second kappa shape index (κ2) is 3.33. The lowest BCUT2D eigenvalue weighted by molar-refractivity contribution is -0.322. The zero-order valence-corrected chi connectivity index (χ0v) is 6.52. The van der Waals surface area contributed by atoms with E-state index in [1.165, 1.54) is 0 Å². The molecule has 3 nitrogen and oxygen atoms in total. The van der Waals surface area contributed by atoms with Gasteiger partial charge in [-0.2, -0.15) is 18.4 Å². The Kier molecular flexibility index (Phi) is 2.65. The van der Waals surface area contributed by atoms with E-state index < -0.39 is 31.1 Å². The average Bonchev–Trinajstić information content (AvgIpc) is 2.47. The number of hydrogen-bond donors (Lipinski definition) is 0. The molecule has 2 unspecified atom stereocenters. The van der Waals surface area contributed by atoms with Gasteiger partial charge in [-0.05, 0) is 0 Å². The van der Waals surface area contributed by atoms with Crippen LogP contribution < -0.4 is 0 Å². The Morgan fingerprint density at radius 1 is 1.43 bits per heavy atom. The molecule has 0 N–H and O–H groups in total. The van der Waals surface area contributed by atoms with E-state index in [1.807, 2.05) is 0 Å². The van der Waals surface area contributed by atoms with Gasteiger partial charge in [0.05, 0.1) is 6.61 Å². The predicted molar refractivity (Wildman–Crippen MR) is 31.2 cm³/mol. The first-order valence-corrected chi connectivity index (χ1v) is 3.40. The summed E-state index contributed by atoms with van der Waals surface area (Å²) >= 11 is 0. The van der Waals surface area contributed by atoms with Crippen LogP contribution in [0, 0.1) is 11.3 Å². The first-order chi connectivity index (χ1) is 6.32. The Bertz CT molecular complexity index is 260. The maximum atomic E-state index is 12.1. The van der Waals surface area contributed by atoms with Gasteiger partial charge in [-0.15, -0.1) is 0 Å². The number of rotatable bonds is 1. The summed E-state index contributed by atoms with van der Waals surface area (Å²) in [6.45, 7) is -0.954. The highest BCUT2D eigenvalue weighted by molar-refractivity contribution is 5.03. The van der Waals surface area contributed by atoms with Gasteiger partial charge in [-0.3, -0.25) is 0 Å². The van der Waals surface area contributed by atoms with E-state index in [0.29, 0.717) is 6.07 Å². The molecule has 14 heavy (non-hydrogen) atoms. The van der Waals surface area contributed by atoms with E-state index in [2.05, 4.69) is 9.47 Å². The van der Waals surface area contributed by atoms with Crippen LogP contribution in [0.1, 0.15) is 0 Å². The molecule has 0 aromatic rings. The second-order valence-electron chi connectivity index (χ2n) is 2.53. The molecule has 1 aliphatic rings. The van der Waals surface area contributed by atoms with Crippen molar-refractivity contribution in [3.63, 3.8) is 0 Å². The van der Waals surface area contributed by atoms with Crippen molar-refractivity contribution in [3.05, 3.63) is 0 Å². The van der Waals surface area contributed by atoms with Crippen molar-refractivity contribution in [3.8, 4) is 6.07 Å². The average molecular weight is 217 g/mol. The van der Waals surface area contributed by atoms with Crippen LogP contribution in [0.5, 0.6) is 0 Å². The largest absolute Gasteiger partial charge is 0.458 e. The normalized spacial score (nSPS) is 33.4. The smallest absolute Gasteiger partial charge is 0.328 e. The van der Waals surface area contributed by atoms with Crippen molar-refractivity contribution >= 4 is 0 Å². The highest BCUT2D eigenvalue weighted by atomic mass is 19.4. The van der Waals surface area contributed by atoms with Crippen LogP contribution in [-0.4, -0.2) is 31.1 Å². The predicted octanol–water partition coefficient (Wildman–Crippen LogP) is 1.45. The molecule has 80 valence electrons. The number of nitrogens with zero attached hydrogens (tertiary/aromatic N) is 1. The summed E-state index contributed by atoms with van der Waals surface area (Å²) in [5, 5.41) is 8.19. The summed E-state index contributed by atoms with van der Waals surface area (Å²) in [4.78, 5) is 0. The van der Waals surface area contributed by atoms with Crippen molar-refractivity contribution in [2.24, 2.45) is 0 Å². The SMILES string of the molecule is N#CC1(C(F)(F)F)OCC(C(F)F)O1. The molecule has 0 spiro atoms. The van der Waals surface area contributed by atoms with Crippen LogP contribution in [0.15, 0.2) is 0 Å². The van der Waals surface area contributed by atoms with Gasteiger partial charge >= 0.3 is 12.0 Å². The van der Waals surface area contributed by atoms with E-state index in [1.54, 1.807) is 0 Å². The number of ether oxygens (including phenoxy) is 2. The molecule has 0 saturated carbocycles. The molecule has 0 radical (unpaired) electrons. The minimum absolute atomic E-state index is 0.699. The molecule has 0 amide bonds. The molecule has 1 saturated heterocycles. The molecule has 0 aliphatic carbocycles. The summed E-state index contributed by atoms with van der Waals surface area (Å²) in [5.41, 5.74) is 0. The molecule has 1 heterocycles. The van der Waals surface area contributed by atoms with Crippen molar-refractivity contribution in [1.29, 1.82) is 5.26 Å². The molecule has 8 heteroatoms. The molecule has 0 aromatic heterocycles. The first kappa shape index (κ1) is 11.1. The fourth-order valence-corrected chi connectivity index (χ4v) is 0.876. The lowest BCUT2D eigenvalue weighted by Gasteiger charge is -2.22. The summed E-state index contributed by atoms with van der Waals surface area (Å²) in [5.74, 6) is -3.55. The topological polar surface area (TPSA) is 42.2 Å². The second-order valence-corrected chi connectivity index (χ2v) is 2.53. The van der Waals surface area contributed by atoms with E-state index in [-0.39, 0.29) is 0 Å². The maximum Gasteiger partial charge on any atom is 0.458 e. The summed E-state index contributed by atoms with van der Waals surface area (Å²) in [7, 11) is 0. The highest BCUT2D eigenvalue weighted by Gasteiger charge is 2.64. The van der Waals surface area contributed by atoms with E-state index in [9.17, 15) is 22.0 Å².